The minimum absolute atomic E-state index is 0.218. The summed E-state index contributed by atoms with van der Waals surface area (Å²) < 4.78 is 54.9. The van der Waals surface area contributed by atoms with E-state index in [2.05, 4.69) is 9.88 Å². The van der Waals surface area contributed by atoms with Crippen LogP contribution in [0.1, 0.15) is 61.6 Å². The van der Waals surface area contributed by atoms with Gasteiger partial charge in [0.1, 0.15) is 5.82 Å². The number of hydrogen-bond acceptors (Lipinski definition) is 2. The summed E-state index contributed by atoms with van der Waals surface area (Å²) in [7, 11) is 0. The number of aromatic nitrogens is 1. The average Bonchev–Trinajstić information content (AvgIpc) is 3.21. The summed E-state index contributed by atoms with van der Waals surface area (Å²) in [6.45, 7) is 6.10. The molecule has 9 heteroatoms. The van der Waals surface area contributed by atoms with Gasteiger partial charge >= 0.3 is 12.1 Å². The summed E-state index contributed by atoms with van der Waals surface area (Å²) in [6.07, 6.45) is -4.80. The van der Waals surface area contributed by atoms with Gasteiger partial charge in [-0.15, -0.1) is 0 Å². The van der Waals surface area contributed by atoms with Crippen LogP contribution in [0.25, 0.3) is 22.0 Å². The standard InChI is InChI=1S/C34H28F4N2O3/c1-19-21(3)40(18-22-8-10-23(11-9-22)26-6-4-5-7-27(26)33(42)43)31-15-13-25(16-28(19)31)32(41)39-20(2)24-12-14-29(30(35)17-24)34(36,37)38/h4-17,20H,18H2,1-3H3,(H,39,41)(H,42,43)/t20-/m0/s1. The molecule has 0 fully saturated rings. The second-order valence-corrected chi connectivity index (χ2v) is 10.5. The Morgan fingerprint density at radius 2 is 1.63 bits per heavy atom. The van der Waals surface area contributed by atoms with Crippen LogP contribution in [0.3, 0.4) is 0 Å². The molecule has 1 atom stereocenters. The van der Waals surface area contributed by atoms with Crippen molar-refractivity contribution in [2.24, 2.45) is 0 Å². The quantitative estimate of drug-likeness (QED) is 0.188. The van der Waals surface area contributed by atoms with E-state index in [0.29, 0.717) is 23.7 Å². The van der Waals surface area contributed by atoms with Gasteiger partial charge in [-0.05, 0) is 85.0 Å². The number of aromatic carboxylic acids is 1. The lowest BCUT2D eigenvalue weighted by atomic mass is 9.99. The van der Waals surface area contributed by atoms with E-state index >= 15 is 0 Å². The normalized spacial score (nSPS) is 12.3. The molecule has 1 amide bonds. The van der Waals surface area contributed by atoms with E-state index in [1.54, 1.807) is 43.3 Å². The maximum absolute atomic E-state index is 14.1. The van der Waals surface area contributed by atoms with Gasteiger partial charge in [-0.1, -0.05) is 48.5 Å². The largest absolute Gasteiger partial charge is 0.478 e. The molecule has 0 saturated carbocycles. The number of carbonyl (C=O) groups is 2. The van der Waals surface area contributed by atoms with Crippen LogP contribution in [0.15, 0.2) is 84.9 Å². The fourth-order valence-electron chi connectivity index (χ4n) is 5.28. The van der Waals surface area contributed by atoms with Crippen molar-refractivity contribution in [1.29, 1.82) is 0 Å². The highest BCUT2D eigenvalue weighted by Crippen LogP contribution is 2.33. The van der Waals surface area contributed by atoms with Crippen molar-refractivity contribution >= 4 is 22.8 Å². The van der Waals surface area contributed by atoms with Gasteiger partial charge in [0.25, 0.3) is 5.91 Å². The first-order valence-electron chi connectivity index (χ1n) is 13.5. The molecule has 5 aromatic rings. The van der Waals surface area contributed by atoms with Gasteiger partial charge in [-0.25, -0.2) is 9.18 Å². The molecule has 0 aliphatic heterocycles. The van der Waals surface area contributed by atoms with Gasteiger partial charge in [0.05, 0.1) is 17.2 Å². The van der Waals surface area contributed by atoms with Gasteiger partial charge in [-0.3, -0.25) is 4.79 Å². The Bertz CT molecular complexity index is 1860. The summed E-state index contributed by atoms with van der Waals surface area (Å²) in [5, 5.41) is 13.1. The highest BCUT2D eigenvalue weighted by atomic mass is 19.4. The molecule has 0 bridgehead atoms. The average molecular weight is 589 g/mol. The van der Waals surface area contributed by atoms with E-state index in [1.807, 2.05) is 44.2 Å². The SMILES string of the molecule is Cc1c(C)n(Cc2ccc(-c3ccccc3C(=O)O)cc2)c2ccc(C(=O)N[C@@H](C)c3ccc(C(F)(F)F)c(F)c3)cc12. The number of carboxylic acids is 1. The second kappa shape index (κ2) is 11.4. The minimum Gasteiger partial charge on any atom is -0.478 e. The number of alkyl halides is 3. The number of carboxylic acid groups (broad SMARTS) is 1. The molecule has 0 aliphatic rings. The zero-order valence-electron chi connectivity index (χ0n) is 23.6. The summed E-state index contributed by atoms with van der Waals surface area (Å²) in [5.74, 6) is -2.81. The topological polar surface area (TPSA) is 71.3 Å². The first-order valence-corrected chi connectivity index (χ1v) is 13.5. The second-order valence-electron chi connectivity index (χ2n) is 10.5. The Balaban J connectivity index is 1.36. The Hall–Kier alpha value is -4.92. The predicted octanol–water partition coefficient (Wildman–Crippen LogP) is 8.32. The molecule has 5 rings (SSSR count). The highest BCUT2D eigenvalue weighted by molar-refractivity contribution is 5.99. The number of nitrogens with zero attached hydrogens (tertiary/aromatic N) is 1. The molecule has 4 aromatic carbocycles. The number of hydrogen-bond donors (Lipinski definition) is 2. The van der Waals surface area contributed by atoms with Gasteiger partial charge in [-0.2, -0.15) is 13.2 Å². The first kappa shape index (κ1) is 29.6. The van der Waals surface area contributed by atoms with Gasteiger partial charge in [0.15, 0.2) is 0 Å². The molecule has 43 heavy (non-hydrogen) atoms. The summed E-state index contributed by atoms with van der Waals surface area (Å²) in [4.78, 5) is 24.7. The number of nitrogens with one attached hydrogen (secondary N) is 1. The molecular weight excluding hydrogens is 560 g/mol. The Kier molecular flexibility index (Phi) is 7.84. The van der Waals surface area contributed by atoms with Crippen LogP contribution in [-0.4, -0.2) is 21.6 Å². The van der Waals surface area contributed by atoms with E-state index in [0.717, 1.165) is 45.4 Å². The molecule has 0 spiro atoms. The molecule has 0 unspecified atom stereocenters. The van der Waals surface area contributed by atoms with E-state index in [4.69, 9.17) is 0 Å². The van der Waals surface area contributed by atoms with Crippen LogP contribution in [0, 0.1) is 19.7 Å². The van der Waals surface area contributed by atoms with Crippen LogP contribution in [0.2, 0.25) is 0 Å². The zero-order valence-corrected chi connectivity index (χ0v) is 23.6. The molecule has 0 saturated heterocycles. The van der Waals surface area contributed by atoms with Crippen LogP contribution < -0.4 is 5.32 Å². The minimum atomic E-state index is -4.80. The first-order chi connectivity index (χ1) is 20.3. The maximum atomic E-state index is 14.1. The van der Waals surface area contributed by atoms with Crippen molar-refractivity contribution < 1.29 is 32.3 Å². The number of rotatable bonds is 7. The van der Waals surface area contributed by atoms with Crippen molar-refractivity contribution in [2.45, 2.75) is 39.5 Å². The monoisotopic (exact) mass is 588 g/mol. The van der Waals surface area contributed by atoms with Crippen molar-refractivity contribution in [3.05, 3.63) is 130 Å². The third-order valence-corrected chi connectivity index (χ3v) is 7.81. The number of amides is 1. The molecular formula is C34H28F4N2O3. The highest BCUT2D eigenvalue weighted by Gasteiger charge is 2.34. The van der Waals surface area contributed by atoms with Gasteiger partial charge < -0.3 is 15.0 Å². The van der Waals surface area contributed by atoms with Gasteiger partial charge in [0.2, 0.25) is 0 Å². The number of fused-ring (bicyclic) bond motifs is 1. The van der Waals surface area contributed by atoms with E-state index < -0.39 is 35.5 Å². The fraction of sp³-hybridized carbons (Fsp3) is 0.176. The lowest BCUT2D eigenvalue weighted by Crippen LogP contribution is -2.26. The molecule has 5 nitrogen and oxygen atoms in total. The van der Waals surface area contributed by atoms with Crippen LogP contribution in [0.4, 0.5) is 17.6 Å². The summed E-state index contributed by atoms with van der Waals surface area (Å²) in [5.41, 5.74) is 4.86. The molecule has 0 radical (unpaired) electrons. The predicted molar refractivity (Wildman–Crippen MR) is 157 cm³/mol. The van der Waals surface area contributed by atoms with Crippen LogP contribution in [-0.2, 0) is 12.7 Å². The molecule has 1 aromatic heterocycles. The number of benzene rings is 4. The summed E-state index contributed by atoms with van der Waals surface area (Å²) >= 11 is 0. The zero-order chi connectivity index (χ0) is 31.1. The van der Waals surface area contributed by atoms with Crippen molar-refractivity contribution in [2.75, 3.05) is 0 Å². The van der Waals surface area contributed by atoms with Gasteiger partial charge in [0, 0.05) is 28.7 Å². The van der Waals surface area contributed by atoms with Crippen LogP contribution >= 0.6 is 0 Å². The molecule has 220 valence electrons. The summed E-state index contributed by atoms with van der Waals surface area (Å²) in [6, 6.07) is 21.8. The Morgan fingerprint density at radius 1 is 0.930 bits per heavy atom. The van der Waals surface area contributed by atoms with Crippen molar-refractivity contribution in [1.82, 2.24) is 9.88 Å². The van der Waals surface area contributed by atoms with E-state index in [9.17, 15) is 32.3 Å². The lowest BCUT2D eigenvalue weighted by Gasteiger charge is -2.16. The van der Waals surface area contributed by atoms with Crippen LogP contribution in [0.5, 0.6) is 0 Å². The third-order valence-electron chi connectivity index (χ3n) is 7.81. The van der Waals surface area contributed by atoms with E-state index in [1.165, 1.54) is 0 Å². The van der Waals surface area contributed by atoms with E-state index in [-0.39, 0.29) is 11.1 Å². The van der Waals surface area contributed by atoms with Crippen molar-refractivity contribution in [3.8, 4) is 11.1 Å². The molecule has 0 aliphatic carbocycles. The Labute approximate surface area is 245 Å². The molecule has 2 N–H and O–H groups in total. The smallest absolute Gasteiger partial charge is 0.419 e. The third kappa shape index (κ3) is 5.88. The maximum Gasteiger partial charge on any atom is 0.419 e. The fourth-order valence-corrected chi connectivity index (χ4v) is 5.28. The number of carbonyl (C=O) groups excluding carboxylic acids is 1. The van der Waals surface area contributed by atoms with Crippen molar-refractivity contribution in [3.63, 3.8) is 0 Å². The lowest BCUT2D eigenvalue weighted by molar-refractivity contribution is -0.140. The number of aryl methyl sites for hydroxylation is 1. The molecule has 1 heterocycles. The number of halogens is 4. The Morgan fingerprint density at radius 3 is 2.28 bits per heavy atom.